The highest BCUT2D eigenvalue weighted by molar-refractivity contribution is 14.1. The van der Waals surface area contributed by atoms with Gasteiger partial charge in [0.15, 0.2) is 0 Å². The van der Waals surface area contributed by atoms with E-state index in [1.165, 1.54) is 12.1 Å². The minimum atomic E-state index is -4.32. The van der Waals surface area contributed by atoms with E-state index in [2.05, 4.69) is 27.9 Å². The third-order valence-corrected chi connectivity index (χ3v) is 5.37. The second-order valence-electron chi connectivity index (χ2n) is 5.02. The van der Waals surface area contributed by atoms with Gasteiger partial charge in [0.1, 0.15) is 0 Å². The normalized spacial score (nSPS) is 14.9. The third kappa shape index (κ3) is 3.19. The van der Waals surface area contributed by atoms with Crippen LogP contribution in [0.1, 0.15) is 0 Å². The van der Waals surface area contributed by atoms with Crippen LogP contribution in [0.15, 0.2) is 47.4 Å². The highest BCUT2D eigenvalue weighted by atomic mass is 127. The third-order valence-electron chi connectivity index (χ3n) is 3.58. The molecule has 1 aliphatic rings. The van der Waals surface area contributed by atoms with Gasteiger partial charge in [0.05, 0.1) is 10.6 Å². The fourth-order valence-electron chi connectivity index (χ4n) is 2.51. The van der Waals surface area contributed by atoms with Gasteiger partial charge in [-0.05, 0) is 52.4 Å². The van der Waals surface area contributed by atoms with Gasteiger partial charge < -0.3 is 5.32 Å². The summed E-state index contributed by atoms with van der Waals surface area (Å²) in [6, 6.07) is 11.5. The molecule has 0 aliphatic carbocycles. The summed E-state index contributed by atoms with van der Waals surface area (Å²) in [6.45, 7) is 1.03. The number of nitrogens with zero attached hydrogens (tertiary/aromatic N) is 1. The first-order valence-electron chi connectivity index (χ1n) is 6.80. The first-order valence-corrected chi connectivity index (χ1v) is 9.31. The Bertz CT molecular complexity index is 883. The summed E-state index contributed by atoms with van der Waals surface area (Å²) in [5.74, 6) is 0. The number of halogens is 1. The number of carbonyl (C=O) groups is 1. The minimum Gasteiger partial charge on any atom is -0.336 e. The van der Waals surface area contributed by atoms with Crippen molar-refractivity contribution in [1.29, 1.82) is 0 Å². The molecule has 0 aromatic heterocycles. The van der Waals surface area contributed by atoms with Crippen molar-refractivity contribution in [3.8, 4) is 11.1 Å². The van der Waals surface area contributed by atoms with Crippen LogP contribution in [0.2, 0.25) is 0 Å². The molecule has 23 heavy (non-hydrogen) atoms. The number of amides is 2. The highest BCUT2D eigenvalue weighted by Crippen LogP contribution is 2.36. The van der Waals surface area contributed by atoms with Gasteiger partial charge in [-0.3, -0.25) is 9.45 Å². The molecule has 1 saturated heterocycles. The second-order valence-corrected chi connectivity index (χ2v) is 7.60. The van der Waals surface area contributed by atoms with Gasteiger partial charge in [0.2, 0.25) is 0 Å². The average molecular weight is 444 g/mol. The van der Waals surface area contributed by atoms with Gasteiger partial charge in [0.25, 0.3) is 10.1 Å². The SMILES string of the molecule is O=C1NCCN1c1ccc(S(=O)(=O)O)cc1-c1ccccc1I. The van der Waals surface area contributed by atoms with Crippen LogP contribution in [0.4, 0.5) is 10.5 Å². The van der Waals surface area contributed by atoms with Crippen molar-refractivity contribution in [3.63, 3.8) is 0 Å². The van der Waals surface area contributed by atoms with E-state index >= 15 is 0 Å². The lowest BCUT2D eigenvalue weighted by Crippen LogP contribution is -2.28. The van der Waals surface area contributed by atoms with Gasteiger partial charge in [0, 0.05) is 22.2 Å². The van der Waals surface area contributed by atoms with Crippen molar-refractivity contribution in [2.75, 3.05) is 18.0 Å². The molecule has 6 nitrogen and oxygen atoms in total. The second kappa shape index (κ2) is 6.10. The van der Waals surface area contributed by atoms with Crippen LogP contribution in [0, 0.1) is 3.57 Å². The van der Waals surface area contributed by atoms with E-state index in [1.807, 2.05) is 24.3 Å². The summed E-state index contributed by atoms with van der Waals surface area (Å²) >= 11 is 2.15. The number of anilines is 1. The molecule has 2 aromatic rings. The Balaban J connectivity index is 2.24. The van der Waals surface area contributed by atoms with Gasteiger partial charge >= 0.3 is 6.03 Å². The van der Waals surface area contributed by atoms with E-state index < -0.39 is 10.1 Å². The van der Waals surface area contributed by atoms with Crippen LogP contribution in [-0.4, -0.2) is 32.1 Å². The molecular weight excluding hydrogens is 431 g/mol. The first kappa shape index (κ1) is 16.2. The zero-order valence-electron chi connectivity index (χ0n) is 11.9. The number of urea groups is 1. The van der Waals surface area contributed by atoms with Crippen LogP contribution in [0.25, 0.3) is 11.1 Å². The number of carbonyl (C=O) groups excluding carboxylic acids is 1. The molecule has 0 bridgehead atoms. The molecule has 0 saturated carbocycles. The Labute approximate surface area is 147 Å². The summed E-state index contributed by atoms with van der Waals surface area (Å²) in [7, 11) is -4.32. The first-order chi connectivity index (χ1) is 10.9. The zero-order valence-corrected chi connectivity index (χ0v) is 14.8. The average Bonchev–Trinajstić information content (AvgIpc) is 2.92. The van der Waals surface area contributed by atoms with Gasteiger partial charge in [-0.2, -0.15) is 8.42 Å². The Morgan fingerprint density at radius 1 is 1.13 bits per heavy atom. The smallest absolute Gasteiger partial charge is 0.322 e. The summed E-state index contributed by atoms with van der Waals surface area (Å²) in [4.78, 5) is 13.3. The largest absolute Gasteiger partial charge is 0.336 e. The van der Waals surface area contributed by atoms with Crippen molar-refractivity contribution in [1.82, 2.24) is 5.32 Å². The lowest BCUT2D eigenvalue weighted by Gasteiger charge is -2.20. The maximum Gasteiger partial charge on any atom is 0.322 e. The van der Waals surface area contributed by atoms with Crippen molar-refractivity contribution >= 4 is 44.4 Å². The standard InChI is InChI=1S/C15H13IN2O4S/c16-13-4-2-1-3-11(13)12-9-10(23(20,21)22)5-6-14(12)18-8-7-17-15(18)19/h1-6,9H,7-8H2,(H,17,19)(H,20,21,22). The monoisotopic (exact) mass is 444 g/mol. The van der Waals surface area contributed by atoms with Crippen molar-refractivity contribution in [2.24, 2.45) is 0 Å². The molecule has 1 aliphatic heterocycles. The van der Waals surface area contributed by atoms with Crippen molar-refractivity contribution < 1.29 is 17.8 Å². The predicted molar refractivity (Wildman–Crippen MR) is 95.2 cm³/mol. The van der Waals surface area contributed by atoms with Crippen LogP contribution in [0.5, 0.6) is 0 Å². The predicted octanol–water partition coefficient (Wildman–Crippen LogP) is 2.73. The van der Waals surface area contributed by atoms with E-state index in [0.29, 0.717) is 24.3 Å². The molecule has 0 atom stereocenters. The molecule has 2 aromatic carbocycles. The maximum atomic E-state index is 12.0. The Kier molecular flexibility index (Phi) is 4.30. The van der Waals surface area contributed by atoms with Gasteiger partial charge in [-0.15, -0.1) is 0 Å². The molecular formula is C15H13IN2O4S. The van der Waals surface area contributed by atoms with Crippen LogP contribution in [0.3, 0.4) is 0 Å². The van der Waals surface area contributed by atoms with E-state index in [0.717, 1.165) is 9.13 Å². The zero-order chi connectivity index (χ0) is 16.6. The molecule has 0 unspecified atom stereocenters. The number of rotatable bonds is 3. The summed E-state index contributed by atoms with van der Waals surface area (Å²) in [5.41, 5.74) is 1.99. The molecule has 1 heterocycles. The molecule has 0 spiro atoms. The van der Waals surface area contributed by atoms with Gasteiger partial charge in [-0.25, -0.2) is 4.79 Å². The van der Waals surface area contributed by atoms with E-state index in [1.54, 1.807) is 11.0 Å². The number of benzene rings is 2. The summed E-state index contributed by atoms with van der Waals surface area (Å²) < 4.78 is 33.1. The minimum absolute atomic E-state index is 0.199. The fraction of sp³-hybridized carbons (Fsp3) is 0.133. The fourth-order valence-corrected chi connectivity index (χ4v) is 3.69. The van der Waals surface area contributed by atoms with E-state index in [4.69, 9.17) is 0 Å². The lowest BCUT2D eigenvalue weighted by molar-refractivity contribution is 0.252. The Morgan fingerprint density at radius 3 is 2.48 bits per heavy atom. The maximum absolute atomic E-state index is 12.0. The highest BCUT2D eigenvalue weighted by Gasteiger charge is 2.25. The van der Waals surface area contributed by atoms with Crippen LogP contribution in [-0.2, 0) is 10.1 Å². The Hall–Kier alpha value is -1.65. The van der Waals surface area contributed by atoms with Crippen molar-refractivity contribution in [3.05, 3.63) is 46.0 Å². The number of nitrogens with one attached hydrogen (secondary N) is 1. The molecule has 3 rings (SSSR count). The van der Waals surface area contributed by atoms with Crippen molar-refractivity contribution in [2.45, 2.75) is 4.90 Å². The molecule has 1 fully saturated rings. The lowest BCUT2D eigenvalue weighted by atomic mass is 10.0. The van der Waals surface area contributed by atoms with Crippen LogP contribution >= 0.6 is 22.6 Å². The topological polar surface area (TPSA) is 86.7 Å². The molecule has 2 N–H and O–H groups in total. The Morgan fingerprint density at radius 2 is 1.87 bits per heavy atom. The molecule has 120 valence electrons. The van der Waals surface area contributed by atoms with E-state index in [-0.39, 0.29) is 10.9 Å². The van der Waals surface area contributed by atoms with Gasteiger partial charge in [-0.1, -0.05) is 18.2 Å². The molecule has 8 heteroatoms. The van der Waals surface area contributed by atoms with E-state index in [9.17, 15) is 17.8 Å². The quantitative estimate of drug-likeness (QED) is 0.563. The molecule has 2 amide bonds. The summed E-state index contributed by atoms with van der Waals surface area (Å²) in [5, 5.41) is 2.72. The number of hydrogen-bond acceptors (Lipinski definition) is 3. The number of hydrogen-bond donors (Lipinski definition) is 2. The van der Waals surface area contributed by atoms with Crippen LogP contribution < -0.4 is 10.2 Å². The molecule has 0 radical (unpaired) electrons. The summed E-state index contributed by atoms with van der Waals surface area (Å²) in [6.07, 6.45) is 0.